The second-order valence-electron chi connectivity index (χ2n) is 2.70. The minimum Gasteiger partial charge on any atom is -0.468 e. The van der Waals surface area contributed by atoms with Crippen molar-refractivity contribution in [3.8, 4) is 0 Å². The van der Waals surface area contributed by atoms with Crippen molar-refractivity contribution in [3.05, 3.63) is 0 Å². The van der Waals surface area contributed by atoms with Crippen LogP contribution in [-0.2, 0) is 19.0 Å². The standard InChI is InChI=1S/C9H19NO4/c1-4-10-8(9(11)13-3)7-14-6-5-12-2/h8,10H,4-7H2,1-3H3. The highest BCUT2D eigenvalue weighted by Crippen LogP contribution is 1.90. The van der Waals surface area contributed by atoms with E-state index in [0.717, 1.165) is 0 Å². The lowest BCUT2D eigenvalue weighted by Gasteiger charge is -2.15. The van der Waals surface area contributed by atoms with Gasteiger partial charge < -0.3 is 19.5 Å². The van der Waals surface area contributed by atoms with E-state index in [1.807, 2.05) is 6.92 Å². The van der Waals surface area contributed by atoms with E-state index in [4.69, 9.17) is 9.47 Å². The van der Waals surface area contributed by atoms with Crippen molar-refractivity contribution in [1.82, 2.24) is 5.32 Å². The molecule has 0 aliphatic heterocycles. The maximum Gasteiger partial charge on any atom is 0.325 e. The minimum atomic E-state index is -0.387. The molecule has 0 heterocycles. The van der Waals surface area contributed by atoms with Crippen LogP contribution in [0.1, 0.15) is 6.92 Å². The van der Waals surface area contributed by atoms with Crippen molar-refractivity contribution in [2.45, 2.75) is 13.0 Å². The first-order valence-corrected chi connectivity index (χ1v) is 4.64. The minimum absolute atomic E-state index is 0.302. The lowest BCUT2D eigenvalue weighted by Crippen LogP contribution is -2.41. The van der Waals surface area contributed by atoms with Gasteiger partial charge >= 0.3 is 5.97 Å². The predicted octanol–water partition coefficient (Wildman–Crippen LogP) is -0.199. The summed E-state index contributed by atoms with van der Waals surface area (Å²) < 4.78 is 14.6. The topological polar surface area (TPSA) is 56.8 Å². The molecule has 0 radical (unpaired) electrons. The van der Waals surface area contributed by atoms with Crippen LogP contribution < -0.4 is 5.32 Å². The quantitative estimate of drug-likeness (QED) is 0.439. The van der Waals surface area contributed by atoms with Gasteiger partial charge in [0.25, 0.3) is 0 Å². The first-order chi connectivity index (χ1) is 6.76. The fraction of sp³-hybridized carbons (Fsp3) is 0.889. The first-order valence-electron chi connectivity index (χ1n) is 4.64. The maximum absolute atomic E-state index is 11.2. The Kier molecular flexibility index (Phi) is 8.51. The van der Waals surface area contributed by atoms with Crippen molar-refractivity contribution >= 4 is 5.97 Å². The molecule has 0 aromatic heterocycles. The number of carbonyl (C=O) groups is 1. The lowest BCUT2D eigenvalue weighted by molar-refractivity contribution is -0.144. The van der Waals surface area contributed by atoms with Crippen molar-refractivity contribution in [2.75, 3.05) is 40.6 Å². The summed E-state index contributed by atoms with van der Waals surface area (Å²) in [6, 6.07) is -0.387. The summed E-state index contributed by atoms with van der Waals surface area (Å²) in [7, 11) is 2.97. The molecule has 0 aromatic carbocycles. The van der Waals surface area contributed by atoms with E-state index >= 15 is 0 Å². The highest BCUT2D eigenvalue weighted by atomic mass is 16.5. The zero-order valence-electron chi connectivity index (χ0n) is 9.04. The Bertz CT molecular complexity index is 152. The average Bonchev–Trinajstić information content (AvgIpc) is 2.21. The first kappa shape index (κ1) is 13.4. The van der Waals surface area contributed by atoms with Crippen LogP contribution >= 0.6 is 0 Å². The van der Waals surface area contributed by atoms with E-state index in [2.05, 4.69) is 10.1 Å². The zero-order chi connectivity index (χ0) is 10.8. The van der Waals surface area contributed by atoms with Gasteiger partial charge in [-0.25, -0.2) is 0 Å². The summed E-state index contributed by atoms with van der Waals surface area (Å²) in [4.78, 5) is 11.2. The highest BCUT2D eigenvalue weighted by Gasteiger charge is 2.17. The Hall–Kier alpha value is -0.650. The molecule has 0 rings (SSSR count). The third-order valence-electron chi connectivity index (χ3n) is 1.65. The van der Waals surface area contributed by atoms with Crippen LogP contribution in [0.25, 0.3) is 0 Å². The van der Waals surface area contributed by atoms with Crippen molar-refractivity contribution in [1.29, 1.82) is 0 Å². The maximum atomic E-state index is 11.2. The van der Waals surface area contributed by atoms with Crippen LogP contribution in [0, 0.1) is 0 Å². The number of methoxy groups -OCH3 is 2. The van der Waals surface area contributed by atoms with Crippen LogP contribution in [0.5, 0.6) is 0 Å². The Balaban J connectivity index is 3.67. The number of carbonyl (C=O) groups excluding carboxylic acids is 1. The molecular weight excluding hydrogens is 186 g/mol. The van der Waals surface area contributed by atoms with E-state index in [9.17, 15) is 4.79 Å². The van der Waals surface area contributed by atoms with E-state index < -0.39 is 0 Å². The molecule has 0 bridgehead atoms. The van der Waals surface area contributed by atoms with Gasteiger partial charge in [0.2, 0.25) is 0 Å². The van der Waals surface area contributed by atoms with Gasteiger partial charge in [-0.15, -0.1) is 0 Å². The van der Waals surface area contributed by atoms with Gasteiger partial charge in [-0.05, 0) is 6.54 Å². The molecule has 0 spiro atoms. The summed E-state index contributed by atoms with van der Waals surface area (Å²) in [5.41, 5.74) is 0. The molecule has 84 valence electrons. The fourth-order valence-corrected chi connectivity index (χ4v) is 0.942. The van der Waals surface area contributed by atoms with E-state index in [0.29, 0.717) is 26.4 Å². The molecular formula is C9H19NO4. The number of hydrogen-bond donors (Lipinski definition) is 1. The summed E-state index contributed by atoms with van der Waals surface area (Å²) in [5, 5.41) is 2.97. The van der Waals surface area contributed by atoms with E-state index in [1.54, 1.807) is 7.11 Å². The predicted molar refractivity (Wildman–Crippen MR) is 52.2 cm³/mol. The summed E-state index contributed by atoms with van der Waals surface area (Å²) in [6.45, 7) is 3.94. The number of ether oxygens (including phenoxy) is 3. The molecule has 0 aliphatic rings. The third kappa shape index (κ3) is 5.90. The van der Waals surface area contributed by atoms with Crippen LogP contribution in [0.15, 0.2) is 0 Å². The van der Waals surface area contributed by atoms with E-state index in [-0.39, 0.29) is 12.0 Å². The average molecular weight is 205 g/mol. The smallest absolute Gasteiger partial charge is 0.325 e. The second-order valence-corrected chi connectivity index (χ2v) is 2.70. The molecule has 1 atom stereocenters. The van der Waals surface area contributed by atoms with Crippen LogP contribution in [0.2, 0.25) is 0 Å². The Morgan fingerprint density at radius 3 is 2.57 bits per heavy atom. The SMILES string of the molecule is CCNC(COCCOC)C(=O)OC. The number of esters is 1. The van der Waals surface area contributed by atoms with Gasteiger partial charge in [0.15, 0.2) is 0 Å². The molecule has 5 heteroatoms. The monoisotopic (exact) mass is 205 g/mol. The van der Waals surface area contributed by atoms with Gasteiger partial charge in [-0.2, -0.15) is 0 Å². The normalized spacial score (nSPS) is 12.5. The Morgan fingerprint density at radius 1 is 1.36 bits per heavy atom. The number of nitrogens with one attached hydrogen (secondary N) is 1. The van der Waals surface area contributed by atoms with Crippen LogP contribution in [-0.4, -0.2) is 52.6 Å². The number of hydrogen-bond acceptors (Lipinski definition) is 5. The zero-order valence-corrected chi connectivity index (χ0v) is 9.04. The van der Waals surface area contributed by atoms with Gasteiger partial charge in [0.05, 0.1) is 26.9 Å². The molecule has 0 saturated carbocycles. The second kappa shape index (κ2) is 8.93. The van der Waals surface area contributed by atoms with Crippen molar-refractivity contribution in [2.24, 2.45) is 0 Å². The summed E-state index contributed by atoms with van der Waals surface area (Å²) in [5.74, 6) is -0.302. The van der Waals surface area contributed by atoms with Crippen LogP contribution in [0.3, 0.4) is 0 Å². The van der Waals surface area contributed by atoms with E-state index in [1.165, 1.54) is 7.11 Å². The van der Waals surface area contributed by atoms with Gasteiger partial charge in [0, 0.05) is 7.11 Å². The molecule has 0 aliphatic carbocycles. The van der Waals surface area contributed by atoms with Crippen LogP contribution in [0.4, 0.5) is 0 Å². The van der Waals surface area contributed by atoms with Crippen molar-refractivity contribution < 1.29 is 19.0 Å². The fourth-order valence-electron chi connectivity index (χ4n) is 0.942. The Morgan fingerprint density at radius 2 is 2.07 bits per heavy atom. The van der Waals surface area contributed by atoms with Gasteiger partial charge in [0.1, 0.15) is 6.04 Å². The van der Waals surface area contributed by atoms with Gasteiger partial charge in [-0.1, -0.05) is 6.92 Å². The Labute approximate surface area is 84.7 Å². The number of rotatable bonds is 8. The molecule has 1 N–H and O–H groups in total. The third-order valence-corrected chi connectivity index (χ3v) is 1.65. The summed E-state index contributed by atoms with van der Waals surface area (Å²) in [6.07, 6.45) is 0. The van der Waals surface area contributed by atoms with Crippen molar-refractivity contribution in [3.63, 3.8) is 0 Å². The largest absolute Gasteiger partial charge is 0.468 e. The lowest BCUT2D eigenvalue weighted by atomic mass is 10.3. The molecule has 5 nitrogen and oxygen atoms in total. The number of likely N-dealkylation sites (N-methyl/N-ethyl adjacent to an activating group) is 1. The van der Waals surface area contributed by atoms with Gasteiger partial charge in [-0.3, -0.25) is 4.79 Å². The molecule has 0 aromatic rings. The molecule has 14 heavy (non-hydrogen) atoms. The molecule has 1 unspecified atom stereocenters. The highest BCUT2D eigenvalue weighted by molar-refractivity contribution is 5.75. The molecule has 0 saturated heterocycles. The molecule has 0 amide bonds. The molecule has 0 fully saturated rings. The summed E-state index contributed by atoms with van der Waals surface area (Å²) >= 11 is 0.